The molecule has 1 aromatic rings. The molecule has 1 aliphatic carbocycles. The van der Waals surface area contributed by atoms with E-state index in [-0.39, 0.29) is 17.8 Å². The highest BCUT2D eigenvalue weighted by atomic mass is 19.1. The maximum Gasteiger partial charge on any atom is 0.130 e. The van der Waals surface area contributed by atoms with Gasteiger partial charge in [-0.1, -0.05) is 6.07 Å². The second kappa shape index (κ2) is 3.00. The van der Waals surface area contributed by atoms with Crippen LogP contribution in [0.3, 0.4) is 0 Å². The van der Waals surface area contributed by atoms with Crippen molar-refractivity contribution in [3.63, 3.8) is 0 Å². The second-order valence-electron chi connectivity index (χ2n) is 3.36. The van der Waals surface area contributed by atoms with Crippen LogP contribution in [0.2, 0.25) is 0 Å². The summed E-state index contributed by atoms with van der Waals surface area (Å²) in [5.41, 5.74) is 6.31. The normalized spacial score (nSPS) is 25.8. The van der Waals surface area contributed by atoms with Crippen LogP contribution in [0, 0.1) is 5.82 Å². The first-order valence-electron chi connectivity index (χ1n) is 4.32. The van der Waals surface area contributed by atoms with Gasteiger partial charge in [0.05, 0.1) is 7.11 Å². The maximum atomic E-state index is 13.4. The lowest BCUT2D eigenvalue weighted by atomic mass is 10.1. The van der Waals surface area contributed by atoms with E-state index in [0.29, 0.717) is 11.3 Å². The minimum atomic E-state index is -0.211. The molecule has 0 unspecified atom stereocenters. The summed E-state index contributed by atoms with van der Waals surface area (Å²) in [6, 6.07) is 4.96. The zero-order valence-electron chi connectivity index (χ0n) is 7.46. The summed E-state index contributed by atoms with van der Waals surface area (Å²) in [5.74, 6) is 0.548. The van der Waals surface area contributed by atoms with Crippen molar-refractivity contribution in [2.75, 3.05) is 7.11 Å². The first-order valence-corrected chi connectivity index (χ1v) is 4.32. The molecule has 2 rings (SSSR count). The first kappa shape index (κ1) is 8.51. The van der Waals surface area contributed by atoms with Gasteiger partial charge in [-0.3, -0.25) is 0 Å². The molecule has 0 bridgehead atoms. The van der Waals surface area contributed by atoms with E-state index in [1.54, 1.807) is 19.2 Å². The van der Waals surface area contributed by atoms with Gasteiger partial charge >= 0.3 is 0 Å². The van der Waals surface area contributed by atoms with Gasteiger partial charge in [0.25, 0.3) is 0 Å². The zero-order valence-corrected chi connectivity index (χ0v) is 7.46. The molecule has 1 aliphatic rings. The molecule has 1 aromatic carbocycles. The number of methoxy groups -OCH3 is 1. The van der Waals surface area contributed by atoms with E-state index in [0.717, 1.165) is 6.42 Å². The van der Waals surface area contributed by atoms with Crippen molar-refractivity contribution < 1.29 is 9.13 Å². The fourth-order valence-electron chi connectivity index (χ4n) is 1.60. The van der Waals surface area contributed by atoms with E-state index in [2.05, 4.69) is 0 Å². The van der Waals surface area contributed by atoms with Crippen LogP contribution in [0.25, 0.3) is 0 Å². The third-order valence-corrected chi connectivity index (χ3v) is 2.44. The number of hydrogen-bond acceptors (Lipinski definition) is 2. The third-order valence-electron chi connectivity index (χ3n) is 2.44. The molecular formula is C10H12FNO. The average Bonchev–Trinajstić information content (AvgIpc) is 2.82. The molecule has 0 aromatic heterocycles. The van der Waals surface area contributed by atoms with Gasteiger partial charge in [-0.25, -0.2) is 4.39 Å². The van der Waals surface area contributed by atoms with Crippen molar-refractivity contribution in [2.45, 2.75) is 18.4 Å². The summed E-state index contributed by atoms with van der Waals surface area (Å²) >= 11 is 0. The van der Waals surface area contributed by atoms with Gasteiger partial charge in [0, 0.05) is 17.5 Å². The fraction of sp³-hybridized carbons (Fsp3) is 0.400. The van der Waals surface area contributed by atoms with Crippen LogP contribution < -0.4 is 10.5 Å². The molecule has 70 valence electrons. The van der Waals surface area contributed by atoms with E-state index < -0.39 is 0 Å². The maximum absolute atomic E-state index is 13.4. The smallest absolute Gasteiger partial charge is 0.130 e. The van der Waals surface area contributed by atoms with E-state index in [9.17, 15) is 4.39 Å². The Hall–Kier alpha value is -1.09. The average molecular weight is 181 g/mol. The van der Waals surface area contributed by atoms with Crippen LogP contribution in [0.5, 0.6) is 5.75 Å². The van der Waals surface area contributed by atoms with Crippen LogP contribution in [-0.2, 0) is 0 Å². The topological polar surface area (TPSA) is 35.2 Å². The van der Waals surface area contributed by atoms with Crippen molar-refractivity contribution in [3.05, 3.63) is 29.6 Å². The van der Waals surface area contributed by atoms with Crippen LogP contribution in [0.4, 0.5) is 4.39 Å². The number of rotatable bonds is 2. The minimum absolute atomic E-state index is 0.103. The molecule has 0 saturated heterocycles. The largest absolute Gasteiger partial charge is 0.496 e. The molecule has 2 nitrogen and oxygen atoms in total. The number of halogens is 1. The van der Waals surface area contributed by atoms with Gasteiger partial charge in [0.2, 0.25) is 0 Å². The summed E-state index contributed by atoms with van der Waals surface area (Å²) in [5, 5.41) is 0. The Labute approximate surface area is 76.5 Å². The summed E-state index contributed by atoms with van der Waals surface area (Å²) in [6.07, 6.45) is 0.858. The van der Waals surface area contributed by atoms with Gasteiger partial charge in [-0.2, -0.15) is 0 Å². The van der Waals surface area contributed by atoms with E-state index in [1.807, 2.05) is 0 Å². The van der Waals surface area contributed by atoms with Crippen molar-refractivity contribution in [2.24, 2.45) is 5.73 Å². The van der Waals surface area contributed by atoms with Crippen molar-refractivity contribution >= 4 is 0 Å². The number of ether oxygens (including phenoxy) is 1. The Morgan fingerprint density at radius 1 is 1.54 bits per heavy atom. The van der Waals surface area contributed by atoms with Crippen molar-refractivity contribution in [3.8, 4) is 5.75 Å². The zero-order chi connectivity index (χ0) is 9.42. The second-order valence-corrected chi connectivity index (χ2v) is 3.36. The number of hydrogen-bond donors (Lipinski definition) is 1. The van der Waals surface area contributed by atoms with Crippen LogP contribution in [0.1, 0.15) is 17.9 Å². The van der Waals surface area contributed by atoms with Crippen LogP contribution >= 0.6 is 0 Å². The summed E-state index contributed by atoms with van der Waals surface area (Å²) < 4.78 is 18.4. The molecule has 2 N–H and O–H groups in total. The molecule has 1 fully saturated rings. The number of benzene rings is 1. The fourth-order valence-corrected chi connectivity index (χ4v) is 1.60. The number of nitrogens with two attached hydrogens (primary N) is 1. The van der Waals surface area contributed by atoms with Gasteiger partial charge in [-0.05, 0) is 18.6 Å². The van der Waals surface area contributed by atoms with Crippen LogP contribution in [-0.4, -0.2) is 13.2 Å². The molecule has 0 amide bonds. The summed E-state index contributed by atoms with van der Waals surface area (Å²) in [4.78, 5) is 0. The van der Waals surface area contributed by atoms with E-state index >= 15 is 0 Å². The Kier molecular flexibility index (Phi) is 1.96. The minimum Gasteiger partial charge on any atom is -0.496 e. The molecular weight excluding hydrogens is 169 g/mol. The Morgan fingerprint density at radius 3 is 2.77 bits per heavy atom. The highest BCUT2D eigenvalue weighted by molar-refractivity contribution is 5.41. The Balaban J connectivity index is 2.41. The van der Waals surface area contributed by atoms with Gasteiger partial charge in [0.1, 0.15) is 11.6 Å². The van der Waals surface area contributed by atoms with Gasteiger partial charge in [-0.15, -0.1) is 0 Å². The van der Waals surface area contributed by atoms with E-state index in [1.165, 1.54) is 6.07 Å². The first-order chi connectivity index (χ1) is 6.24. The Bertz CT molecular complexity index is 327. The standard InChI is InChI=1S/C10H12FNO/c1-13-9-4-2-3-7(11)10(9)6-5-8(6)12/h2-4,6,8H,5,12H2,1H3/t6-,8-/m1/s1. The predicted molar refractivity (Wildman–Crippen MR) is 48.3 cm³/mol. The molecule has 0 radical (unpaired) electrons. The molecule has 13 heavy (non-hydrogen) atoms. The highest BCUT2D eigenvalue weighted by Gasteiger charge is 2.38. The third kappa shape index (κ3) is 1.40. The lowest BCUT2D eigenvalue weighted by molar-refractivity contribution is 0.404. The van der Waals surface area contributed by atoms with Gasteiger partial charge in [0.15, 0.2) is 0 Å². The van der Waals surface area contributed by atoms with Gasteiger partial charge < -0.3 is 10.5 Å². The monoisotopic (exact) mass is 181 g/mol. The highest BCUT2D eigenvalue weighted by Crippen LogP contribution is 2.44. The lowest BCUT2D eigenvalue weighted by Crippen LogP contribution is -2.03. The molecule has 3 heteroatoms. The SMILES string of the molecule is COc1cccc(F)c1[C@@H]1C[C@H]1N. The van der Waals surface area contributed by atoms with E-state index in [4.69, 9.17) is 10.5 Å². The predicted octanol–water partition coefficient (Wildman–Crippen LogP) is 1.65. The van der Waals surface area contributed by atoms with Crippen LogP contribution in [0.15, 0.2) is 18.2 Å². The lowest BCUT2D eigenvalue weighted by Gasteiger charge is -2.07. The molecule has 0 heterocycles. The molecule has 0 spiro atoms. The Morgan fingerprint density at radius 2 is 2.23 bits per heavy atom. The van der Waals surface area contributed by atoms with Crippen molar-refractivity contribution in [1.82, 2.24) is 0 Å². The summed E-state index contributed by atoms with van der Waals surface area (Å²) in [6.45, 7) is 0. The summed E-state index contributed by atoms with van der Waals surface area (Å²) in [7, 11) is 1.55. The molecule has 0 aliphatic heterocycles. The molecule has 1 saturated carbocycles. The quantitative estimate of drug-likeness (QED) is 0.752. The van der Waals surface area contributed by atoms with Crippen molar-refractivity contribution in [1.29, 1.82) is 0 Å². The molecule has 2 atom stereocenters.